The van der Waals surface area contributed by atoms with Gasteiger partial charge in [-0.3, -0.25) is 0 Å². The minimum absolute atomic E-state index is 0.236. The van der Waals surface area contributed by atoms with Crippen LogP contribution < -0.4 is 5.32 Å². The van der Waals surface area contributed by atoms with E-state index in [1.807, 2.05) is 30.3 Å². The summed E-state index contributed by atoms with van der Waals surface area (Å²) in [6, 6.07) is 9.51. The molecular formula is C39H71NO15. The lowest BCUT2D eigenvalue weighted by atomic mass is 10.1. The molecule has 55 heavy (non-hydrogen) atoms. The van der Waals surface area contributed by atoms with Crippen LogP contribution in [0.2, 0.25) is 0 Å². The van der Waals surface area contributed by atoms with E-state index >= 15 is 0 Å². The standard InChI is InChI=1S/C39H71NO15/c1-3-37(2)35-54-34-33-53-32-31-52-30-29-51-28-27-50-26-25-49-24-23-48-22-21-47-20-19-46-18-17-45-16-15-44-14-13-43-12-11-42-10-9-40-39(41)55-36-38-7-5-4-6-8-38/h4-8,37H,3,9-36H2,1-2H3,(H,40,41). The molecular weight excluding hydrogens is 722 g/mol. The Hall–Kier alpha value is -2.03. The molecule has 0 aliphatic rings. The Labute approximate surface area is 329 Å². The molecule has 1 unspecified atom stereocenters. The van der Waals surface area contributed by atoms with E-state index in [9.17, 15) is 4.79 Å². The first-order valence-corrected chi connectivity index (χ1v) is 19.7. The zero-order valence-electron chi connectivity index (χ0n) is 33.6. The summed E-state index contributed by atoms with van der Waals surface area (Å²) in [5.41, 5.74) is 0.937. The van der Waals surface area contributed by atoms with E-state index in [2.05, 4.69) is 19.2 Å². The zero-order valence-corrected chi connectivity index (χ0v) is 33.6. The van der Waals surface area contributed by atoms with Gasteiger partial charge in [-0.1, -0.05) is 50.6 Å². The van der Waals surface area contributed by atoms with Crippen LogP contribution in [0.1, 0.15) is 25.8 Å². The van der Waals surface area contributed by atoms with Crippen molar-refractivity contribution in [1.82, 2.24) is 5.32 Å². The van der Waals surface area contributed by atoms with Crippen molar-refractivity contribution in [3.8, 4) is 0 Å². The number of benzene rings is 1. The van der Waals surface area contributed by atoms with Gasteiger partial charge in [0, 0.05) is 13.2 Å². The van der Waals surface area contributed by atoms with Gasteiger partial charge in [0.05, 0.1) is 165 Å². The first kappa shape index (κ1) is 51.0. The lowest BCUT2D eigenvalue weighted by molar-refractivity contribution is -0.0292. The van der Waals surface area contributed by atoms with Crippen molar-refractivity contribution in [3.05, 3.63) is 35.9 Å². The molecule has 1 N–H and O–H groups in total. The lowest BCUT2D eigenvalue weighted by Crippen LogP contribution is -2.28. The Morgan fingerprint density at radius 2 is 0.745 bits per heavy atom. The van der Waals surface area contributed by atoms with E-state index in [4.69, 9.17) is 66.3 Å². The molecule has 0 aliphatic carbocycles. The summed E-state index contributed by atoms with van der Waals surface area (Å²) in [5, 5.41) is 2.64. The first-order chi connectivity index (χ1) is 27.2. The summed E-state index contributed by atoms with van der Waals surface area (Å²) in [5.74, 6) is 0.592. The van der Waals surface area contributed by atoms with Gasteiger partial charge in [-0.2, -0.15) is 0 Å². The number of hydrogen-bond acceptors (Lipinski definition) is 15. The van der Waals surface area contributed by atoms with Gasteiger partial charge in [-0.15, -0.1) is 0 Å². The van der Waals surface area contributed by atoms with Crippen LogP contribution >= 0.6 is 0 Å². The Morgan fingerprint density at radius 1 is 0.455 bits per heavy atom. The van der Waals surface area contributed by atoms with Crippen LogP contribution in [0.15, 0.2) is 30.3 Å². The average molecular weight is 794 g/mol. The van der Waals surface area contributed by atoms with E-state index in [1.54, 1.807) is 0 Å². The largest absolute Gasteiger partial charge is 0.445 e. The highest BCUT2D eigenvalue weighted by molar-refractivity contribution is 5.67. The number of nitrogens with one attached hydrogen (secondary N) is 1. The van der Waals surface area contributed by atoms with Crippen LogP contribution in [0, 0.1) is 5.92 Å². The van der Waals surface area contributed by atoms with Crippen LogP contribution in [-0.4, -0.2) is 184 Å². The Morgan fingerprint density at radius 3 is 1.05 bits per heavy atom. The number of alkyl carbamates (subject to hydrolysis) is 1. The summed E-state index contributed by atoms with van der Waals surface area (Å²) in [6.45, 7) is 18.2. The molecule has 16 heteroatoms. The van der Waals surface area contributed by atoms with Crippen molar-refractivity contribution in [2.45, 2.75) is 26.9 Å². The summed E-state index contributed by atoms with van der Waals surface area (Å²) < 4.78 is 76.4. The van der Waals surface area contributed by atoms with Crippen LogP contribution in [0.5, 0.6) is 0 Å². The quantitative estimate of drug-likeness (QED) is 0.0961. The second-order valence-corrected chi connectivity index (χ2v) is 11.9. The van der Waals surface area contributed by atoms with Crippen molar-refractivity contribution in [2.24, 2.45) is 5.92 Å². The smallest absolute Gasteiger partial charge is 0.407 e. The first-order valence-electron chi connectivity index (χ1n) is 19.7. The van der Waals surface area contributed by atoms with Gasteiger partial charge in [0.25, 0.3) is 0 Å². The molecule has 0 radical (unpaired) electrons. The Kier molecular flexibility index (Phi) is 40.0. The lowest BCUT2D eigenvalue weighted by Gasteiger charge is -2.10. The molecule has 0 fully saturated rings. The Bertz CT molecular complexity index is 905. The van der Waals surface area contributed by atoms with Crippen molar-refractivity contribution < 1.29 is 71.1 Å². The third-order valence-electron chi connectivity index (χ3n) is 7.29. The molecule has 16 nitrogen and oxygen atoms in total. The second kappa shape index (κ2) is 43.1. The highest BCUT2D eigenvalue weighted by Crippen LogP contribution is 2.01. The minimum atomic E-state index is -0.470. The summed E-state index contributed by atoms with van der Waals surface area (Å²) >= 11 is 0. The van der Waals surface area contributed by atoms with Crippen LogP contribution in [-0.2, 0) is 72.9 Å². The van der Waals surface area contributed by atoms with Crippen molar-refractivity contribution in [1.29, 1.82) is 0 Å². The number of carbonyl (C=O) groups excluding carboxylic acids is 1. The number of hydrogen-bond donors (Lipinski definition) is 1. The minimum Gasteiger partial charge on any atom is -0.445 e. The molecule has 0 saturated carbocycles. The van der Waals surface area contributed by atoms with Crippen LogP contribution in [0.3, 0.4) is 0 Å². The Balaban J connectivity index is 1.62. The maximum Gasteiger partial charge on any atom is 0.407 e. The molecule has 0 heterocycles. The average Bonchev–Trinajstić information content (AvgIpc) is 3.20. The number of amides is 1. The number of carbonyl (C=O) groups is 1. The van der Waals surface area contributed by atoms with Gasteiger partial charge >= 0.3 is 6.09 Å². The molecule has 322 valence electrons. The van der Waals surface area contributed by atoms with Crippen LogP contribution in [0.4, 0.5) is 4.79 Å². The summed E-state index contributed by atoms with van der Waals surface area (Å²) in [4.78, 5) is 11.7. The van der Waals surface area contributed by atoms with E-state index in [1.165, 1.54) is 0 Å². The van der Waals surface area contributed by atoms with E-state index in [0.29, 0.717) is 178 Å². The van der Waals surface area contributed by atoms with Gasteiger partial charge in [-0.05, 0) is 11.5 Å². The highest BCUT2D eigenvalue weighted by Gasteiger charge is 2.02. The molecule has 0 aliphatic heterocycles. The van der Waals surface area contributed by atoms with E-state index in [0.717, 1.165) is 18.6 Å². The van der Waals surface area contributed by atoms with Gasteiger partial charge in [0.15, 0.2) is 0 Å². The number of rotatable bonds is 44. The molecule has 1 rings (SSSR count). The van der Waals surface area contributed by atoms with Gasteiger partial charge < -0.3 is 71.6 Å². The predicted octanol–water partition coefficient (Wildman–Crippen LogP) is 3.17. The van der Waals surface area contributed by atoms with Gasteiger partial charge in [0.1, 0.15) is 6.61 Å². The van der Waals surface area contributed by atoms with E-state index < -0.39 is 6.09 Å². The van der Waals surface area contributed by atoms with E-state index in [-0.39, 0.29) is 6.61 Å². The fraction of sp³-hybridized carbons (Fsp3) is 0.821. The molecule has 1 aromatic carbocycles. The maximum absolute atomic E-state index is 11.7. The van der Waals surface area contributed by atoms with Gasteiger partial charge in [0.2, 0.25) is 0 Å². The monoisotopic (exact) mass is 793 g/mol. The maximum atomic E-state index is 11.7. The fourth-order valence-electron chi connectivity index (χ4n) is 4.04. The third kappa shape index (κ3) is 40.0. The normalized spacial score (nSPS) is 12.0. The summed E-state index contributed by atoms with van der Waals surface area (Å²) in [6.07, 6.45) is 0.658. The molecule has 1 aromatic rings. The summed E-state index contributed by atoms with van der Waals surface area (Å²) in [7, 11) is 0. The third-order valence-corrected chi connectivity index (χ3v) is 7.29. The highest BCUT2D eigenvalue weighted by atomic mass is 16.6. The van der Waals surface area contributed by atoms with Gasteiger partial charge in [-0.25, -0.2) is 4.79 Å². The molecule has 0 aromatic heterocycles. The van der Waals surface area contributed by atoms with Crippen molar-refractivity contribution in [2.75, 3.05) is 178 Å². The van der Waals surface area contributed by atoms with Crippen LogP contribution in [0.25, 0.3) is 0 Å². The number of ether oxygens (including phenoxy) is 14. The predicted molar refractivity (Wildman–Crippen MR) is 205 cm³/mol. The molecule has 1 atom stereocenters. The fourth-order valence-corrected chi connectivity index (χ4v) is 4.04. The SMILES string of the molecule is CCC(C)COCCOCCOCCOCCOCCOCCOCCOCCOCCOCCOCCOCCOCCNC(=O)OCc1ccccc1. The zero-order chi connectivity index (χ0) is 39.4. The molecule has 0 spiro atoms. The second-order valence-electron chi connectivity index (χ2n) is 11.9. The van der Waals surface area contributed by atoms with Crippen molar-refractivity contribution >= 4 is 6.09 Å². The van der Waals surface area contributed by atoms with Crippen molar-refractivity contribution in [3.63, 3.8) is 0 Å². The molecule has 0 saturated heterocycles. The molecule has 0 bridgehead atoms. The topological polar surface area (TPSA) is 158 Å². The molecule has 1 amide bonds.